The van der Waals surface area contributed by atoms with Gasteiger partial charge in [-0.15, -0.1) is 0 Å². The van der Waals surface area contributed by atoms with Crippen LogP contribution >= 0.6 is 11.6 Å². The van der Waals surface area contributed by atoms with Crippen molar-refractivity contribution >= 4 is 34.3 Å². The average Bonchev–Trinajstić information content (AvgIpc) is 3.02. The summed E-state index contributed by atoms with van der Waals surface area (Å²) >= 11 is 6.17. The quantitative estimate of drug-likeness (QED) is 0.482. The van der Waals surface area contributed by atoms with E-state index in [0.29, 0.717) is 16.4 Å². The second kappa shape index (κ2) is 6.53. The zero-order valence-corrected chi connectivity index (χ0v) is 15.6. The number of benzene rings is 2. The van der Waals surface area contributed by atoms with Gasteiger partial charge in [-0.25, -0.2) is 9.37 Å². The second-order valence-electron chi connectivity index (χ2n) is 6.64. The van der Waals surface area contributed by atoms with Crippen LogP contribution in [-0.4, -0.2) is 10.9 Å². The Bertz CT molecular complexity index is 1340. The first kappa shape index (κ1) is 17.6. The lowest BCUT2D eigenvalue weighted by atomic mass is 9.98. The molecule has 1 aliphatic heterocycles. The Morgan fingerprint density at radius 3 is 2.66 bits per heavy atom. The zero-order chi connectivity index (χ0) is 20.1. The van der Waals surface area contributed by atoms with Gasteiger partial charge in [0, 0.05) is 11.2 Å². The Hall–Kier alpha value is -3.51. The van der Waals surface area contributed by atoms with Gasteiger partial charge in [0.15, 0.2) is 5.43 Å². The number of aromatic nitrogens is 1. The molecule has 29 heavy (non-hydrogen) atoms. The molecule has 0 bridgehead atoms. The molecule has 3 heterocycles. The molecule has 0 unspecified atom stereocenters. The predicted octanol–water partition coefficient (Wildman–Crippen LogP) is 4.73. The number of nitrogens with zero attached hydrogens (tertiary/aromatic N) is 2. The van der Waals surface area contributed by atoms with Crippen molar-refractivity contribution in [3.63, 3.8) is 0 Å². The number of pyridine rings is 1. The van der Waals surface area contributed by atoms with E-state index in [1.165, 1.54) is 17.0 Å². The van der Waals surface area contributed by atoms with Crippen LogP contribution in [0.3, 0.4) is 0 Å². The molecule has 0 N–H and O–H groups in total. The van der Waals surface area contributed by atoms with Crippen LogP contribution in [0.25, 0.3) is 11.0 Å². The summed E-state index contributed by atoms with van der Waals surface area (Å²) in [7, 11) is 0. The number of anilines is 1. The van der Waals surface area contributed by atoms with Crippen LogP contribution in [0.1, 0.15) is 27.7 Å². The van der Waals surface area contributed by atoms with Crippen molar-refractivity contribution in [3.05, 3.63) is 105 Å². The summed E-state index contributed by atoms with van der Waals surface area (Å²) in [6.45, 7) is 0. The van der Waals surface area contributed by atoms with E-state index in [0.717, 1.165) is 6.07 Å². The van der Waals surface area contributed by atoms with Crippen LogP contribution in [-0.2, 0) is 0 Å². The first-order valence-corrected chi connectivity index (χ1v) is 9.19. The van der Waals surface area contributed by atoms with Gasteiger partial charge in [-0.05, 0) is 48.0 Å². The van der Waals surface area contributed by atoms with E-state index < -0.39 is 23.2 Å². The fourth-order valence-electron chi connectivity index (χ4n) is 3.67. The largest absolute Gasteiger partial charge is 0.450 e. The van der Waals surface area contributed by atoms with Gasteiger partial charge >= 0.3 is 0 Å². The molecule has 2 aromatic heterocycles. The molecule has 1 amide bonds. The molecular formula is C22H12ClFN2O3. The van der Waals surface area contributed by atoms with Crippen molar-refractivity contribution in [2.24, 2.45) is 0 Å². The molecule has 7 heteroatoms. The topological polar surface area (TPSA) is 63.4 Å². The Kier molecular flexibility index (Phi) is 3.96. The van der Waals surface area contributed by atoms with Crippen LogP contribution in [0.5, 0.6) is 0 Å². The van der Waals surface area contributed by atoms with Crippen LogP contribution in [0.15, 0.2) is 76.1 Å². The molecular weight excluding hydrogens is 395 g/mol. The number of carbonyl (C=O) groups is 1. The van der Waals surface area contributed by atoms with Gasteiger partial charge in [-0.3, -0.25) is 14.5 Å². The summed E-state index contributed by atoms with van der Waals surface area (Å²) in [6, 6.07) is 14.9. The van der Waals surface area contributed by atoms with Gasteiger partial charge in [0.25, 0.3) is 5.91 Å². The molecule has 0 saturated carbocycles. The number of amides is 1. The Morgan fingerprint density at radius 2 is 1.90 bits per heavy atom. The van der Waals surface area contributed by atoms with Crippen molar-refractivity contribution in [3.8, 4) is 0 Å². The summed E-state index contributed by atoms with van der Waals surface area (Å²) in [4.78, 5) is 32.3. The van der Waals surface area contributed by atoms with Crippen molar-refractivity contribution in [1.29, 1.82) is 0 Å². The van der Waals surface area contributed by atoms with Crippen LogP contribution < -0.4 is 10.3 Å². The highest BCUT2D eigenvalue weighted by molar-refractivity contribution is 6.30. The fourth-order valence-corrected chi connectivity index (χ4v) is 3.87. The lowest BCUT2D eigenvalue weighted by Crippen LogP contribution is -2.30. The predicted molar refractivity (Wildman–Crippen MR) is 107 cm³/mol. The summed E-state index contributed by atoms with van der Waals surface area (Å²) in [6.07, 6.45) is 1.56. The third-order valence-electron chi connectivity index (χ3n) is 4.89. The number of rotatable bonds is 2. The Labute approximate surface area is 169 Å². The van der Waals surface area contributed by atoms with Gasteiger partial charge in [0.1, 0.15) is 17.2 Å². The first-order valence-electron chi connectivity index (χ1n) is 8.81. The van der Waals surface area contributed by atoms with Crippen LogP contribution in [0, 0.1) is 5.82 Å². The minimum Gasteiger partial charge on any atom is -0.450 e. The molecule has 0 saturated heterocycles. The van der Waals surface area contributed by atoms with E-state index in [4.69, 9.17) is 16.0 Å². The summed E-state index contributed by atoms with van der Waals surface area (Å²) in [5, 5.41) is 0.534. The van der Waals surface area contributed by atoms with Crippen LogP contribution in [0.2, 0.25) is 5.02 Å². The molecule has 1 atom stereocenters. The minimum atomic E-state index is -0.796. The third-order valence-corrected chi connectivity index (χ3v) is 5.13. The molecule has 5 rings (SSSR count). The maximum Gasteiger partial charge on any atom is 0.296 e. The highest BCUT2D eigenvalue weighted by Gasteiger charge is 2.44. The van der Waals surface area contributed by atoms with Gasteiger partial charge in [-0.1, -0.05) is 29.8 Å². The van der Waals surface area contributed by atoms with Crippen molar-refractivity contribution in [2.75, 3.05) is 4.90 Å². The van der Waals surface area contributed by atoms with Gasteiger partial charge in [-0.2, -0.15) is 0 Å². The normalized spacial score (nSPS) is 15.7. The Morgan fingerprint density at radius 1 is 1.03 bits per heavy atom. The van der Waals surface area contributed by atoms with Gasteiger partial charge in [0.2, 0.25) is 5.76 Å². The monoisotopic (exact) mass is 406 g/mol. The average molecular weight is 407 g/mol. The van der Waals surface area contributed by atoms with Gasteiger partial charge in [0.05, 0.1) is 17.0 Å². The Balaban J connectivity index is 1.84. The molecule has 142 valence electrons. The van der Waals surface area contributed by atoms with Crippen molar-refractivity contribution in [1.82, 2.24) is 4.98 Å². The van der Waals surface area contributed by atoms with E-state index in [2.05, 4.69) is 4.98 Å². The third kappa shape index (κ3) is 2.72. The standard InChI is InChI=1S/C22H12ClFN2O3/c23-13-5-3-4-12(10-13)19-18-20(27)15-11-14(24)7-8-16(15)29-21(18)22(28)26(19)17-6-1-2-9-25-17/h1-11,19H/t19-/m1/s1. The molecule has 0 fully saturated rings. The second-order valence-corrected chi connectivity index (χ2v) is 7.07. The van der Waals surface area contributed by atoms with E-state index >= 15 is 0 Å². The molecule has 0 spiro atoms. The molecule has 4 aromatic rings. The molecule has 0 radical (unpaired) electrons. The van der Waals surface area contributed by atoms with Crippen LogP contribution in [0.4, 0.5) is 10.2 Å². The van der Waals surface area contributed by atoms with Crippen molar-refractivity contribution in [2.45, 2.75) is 6.04 Å². The minimum absolute atomic E-state index is 0.0754. The SMILES string of the molecule is O=C1c2oc3ccc(F)cc3c(=O)c2[C@@H](c2cccc(Cl)c2)N1c1ccccn1. The number of halogens is 2. The summed E-state index contributed by atoms with van der Waals surface area (Å²) in [5.41, 5.74) is 0.452. The molecule has 0 aliphatic carbocycles. The summed E-state index contributed by atoms with van der Waals surface area (Å²) < 4.78 is 19.5. The lowest BCUT2D eigenvalue weighted by molar-refractivity contribution is 0.0970. The maximum absolute atomic E-state index is 13.8. The lowest BCUT2D eigenvalue weighted by Gasteiger charge is -2.24. The fraction of sp³-hybridized carbons (Fsp3) is 0.0455. The first-order chi connectivity index (χ1) is 14.0. The van der Waals surface area contributed by atoms with Gasteiger partial charge < -0.3 is 4.42 Å². The van der Waals surface area contributed by atoms with E-state index in [1.807, 2.05) is 0 Å². The molecule has 2 aromatic carbocycles. The number of hydrogen-bond acceptors (Lipinski definition) is 4. The zero-order valence-electron chi connectivity index (χ0n) is 14.8. The summed E-state index contributed by atoms with van der Waals surface area (Å²) in [5.74, 6) is -0.768. The number of hydrogen-bond donors (Lipinski definition) is 0. The van der Waals surface area contributed by atoms with E-state index in [1.54, 1.807) is 48.7 Å². The van der Waals surface area contributed by atoms with E-state index in [-0.39, 0.29) is 22.3 Å². The molecule has 1 aliphatic rings. The highest BCUT2D eigenvalue weighted by Crippen LogP contribution is 2.40. The molecule has 5 nitrogen and oxygen atoms in total. The smallest absolute Gasteiger partial charge is 0.296 e. The maximum atomic E-state index is 13.8. The van der Waals surface area contributed by atoms with E-state index in [9.17, 15) is 14.0 Å². The number of carbonyl (C=O) groups excluding carboxylic acids is 1. The van der Waals surface area contributed by atoms with Crippen molar-refractivity contribution < 1.29 is 13.6 Å². The highest BCUT2D eigenvalue weighted by atomic mass is 35.5. The number of fused-ring (bicyclic) bond motifs is 2.